The molecule has 1 N–H and O–H groups in total. The maximum Gasteiger partial charge on any atom is 0.319 e. The number of thioether (sulfide) groups is 1. The van der Waals surface area contributed by atoms with Crippen molar-refractivity contribution in [3.8, 4) is 0 Å². The Labute approximate surface area is 165 Å². The molecule has 0 saturated carbocycles. The molecule has 142 valence electrons. The van der Waals surface area contributed by atoms with Crippen LogP contribution in [0.3, 0.4) is 0 Å². The average Bonchev–Trinajstić information content (AvgIpc) is 2.62. The van der Waals surface area contributed by atoms with E-state index in [4.69, 9.17) is 16.3 Å². The van der Waals surface area contributed by atoms with Crippen molar-refractivity contribution in [3.63, 3.8) is 0 Å². The molecule has 0 radical (unpaired) electrons. The number of carbonyl (C=O) groups is 2. The van der Waals surface area contributed by atoms with Gasteiger partial charge in [-0.15, -0.1) is 11.8 Å². The number of amides is 1. The van der Waals surface area contributed by atoms with Gasteiger partial charge in [-0.1, -0.05) is 17.7 Å². The molecule has 0 aliphatic rings. The number of carbonyl (C=O) groups excluding carboxylic acids is 2. The summed E-state index contributed by atoms with van der Waals surface area (Å²) in [6.07, 6.45) is 0. The molecule has 2 aromatic rings. The third-order valence-corrected chi connectivity index (χ3v) is 4.84. The SMILES string of the molecule is Cc1ccc(NC(=O)COC(=O)[C@@H](C)Sc2ccc([N+](=O)[O-])cc2)c(Cl)c1. The molecule has 0 aliphatic heterocycles. The fourth-order valence-corrected chi connectivity index (χ4v) is 3.21. The molecule has 0 fully saturated rings. The highest BCUT2D eigenvalue weighted by atomic mass is 35.5. The first-order valence-corrected chi connectivity index (χ1v) is 9.16. The van der Waals surface area contributed by atoms with Gasteiger partial charge in [-0.2, -0.15) is 0 Å². The first kappa shape index (κ1) is 20.7. The van der Waals surface area contributed by atoms with E-state index in [0.717, 1.165) is 5.56 Å². The molecule has 2 aromatic carbocycles. The number of ether oxygens (including phenoxy) is 1. The quantitative estimate of drug-likeness (QED) is 0.319. The number of anilines is 1. The van der Waals surface area contributed by atoms with Crippen molar-refractivity contribution < 1.29 is 19.2 Å². The molecule has 2 rings (SSSR count). The smallest absolute Gasteiger partial charge is 0.319 e. The lowest BCUT2D eigenvalue weighted by molar-refractivity contribution is -0.384. The van der Waals surface area contributed by atoms with E-state index in [9.17, 15) is 19.7 Å². The minimum Gasteiger partial charge on any atom is -0.455 e. The number of rotatable bonds is 7. The Morgan fingerprint density at radius 3 is 2.52 bits per heavy atom. The first-order valence-electron chi connectivity index (χ1n) is 7.90. The molecular formula is C18H17ClN2O5S. The first-order chi connectivity index (χ1) is 12.8. The molecule has 0 aromatic heterocycles. The van der Waals surface area contributed by atoms with Gasteiger partial charge in [0.1, 0.15) is 5.25 Å². The summed E-state index contributed by atoms with van der Waals surface area (Å²) < 4.78 is 5.01. The number of esters is 1. The van der Waals surface area contributed by atoms with Gasteiger partial charge in [0.25, 0.3) is 11.6 Å². The van der Waals surface area contributed by atoms with E-state index in [0.29, 0.717) is 15.6 Å². The highest BCUT2D eigenvalue weighted by molar-refractivity contribution is 8.00. The summed E-state index contributed by atoms with van der Waals surface area (Å²) in [5.41, 5.74) is 1.37. The number of benzene rings is 2. The van der Waals surface area contributed by atoms with Crippen LogP contribution in [0.15, 0.2) is 47.4 Å². The van der Waals surface area contributed by atoms with Gasteiger partial charge in [-0.25, -0.2) is 0 Å². The number of aryl methyl sites for hydroxylation is 1. The minimum atomic E-state index is -0.581. The lowest BCUT2D eigenvalue weighted by atomic mass is 10.2. The molecule has 0 aliphatic carbocycles. The number of nitro groups is 1. The largest absolute Gasteiger partial charge is 0.455 e. The van der Waals surface area contributed by atoms with Crippen LogP contribution in [0, 0.1) is 17.0 Å². The molecule has 0 spiro atoms. The van der Waals surface area contributed by atoms with E-state index in [1.807, 2.05) is 6.92 Å². The minimum absolute atomic E-state index is 0.0268. The van der Waals surface area contributed by atoms with Crippen molar-refractivity contribution in [3.05, 3.63) is 63.2 Å². The topological polar surface area (TPSA) is 98.5 Å². The summed E-state index contributed by atoms with van der Waals surface area (Å²) in [4.78, 5) is 34.8. The zero-order chi connectivity index (χ0) is 20.0. The Bertz CT molecular complexity index is 857. The molecule has 7 nitrogen and oxygen atoms in total. The van der Waals surface area contributed by atoms with Crippen molar-refractivity contribution in [2.24, 2.45) is 0 Å². The van der Waals surface area contributed by atoms with Crippen molar-refractivity contribution in [2.45, 2.75) is 24.0 Å². The van der Waals surface area contributed by atoms with Crippen LogP contribution < -0.4 is 5.32 Å². The standard InChI is InChI=1S/C18H17ClN2O5S/c1-11-3-8-16(15(19)9-11)20-17(22)10-26-18(23)12(2)27-14-6-4-13(5-7-14)21(24)25/h3-9,12H,10H2,1-2H3,(H,20,22)/t12-/m1/s1. The third kappa shape index (κ3) is 6.26. The van der Waals surface area contributed by atoms with E-state index in [-0.39, 0.29) is 5.69 Å². The van der Waals surface area contributed by atoms with Crippen LogP contribution in [0.25, 0.3) is 0 Å². The van der Waals surface area contributed by atoms with Gasteiger partial charge in [-0.05, 0) is 43.7 Å². The van der Waals surface area contributed by atoms with Crippen LogP contribution in [-0.4, -0.2) is 28.7 Å². The monoisotopic (exact) mass is 408 g/mol. The van der Waals surface area contributed by atoms with Crippen LogP contribution in [0.2, 0.25) is 5.02 Å². The number of hydrogen-bond acceptors (Lipinski definition) is 6. The second-order valence-corrected chi connectivity index (χ2v) is 7.47. The summed E-state index contributed by atoms with van der Waals surface area (Å²) in [5, 5.41) is 13.0. The number of nitrogens with zero attached hydrogens (tertiary/aromatic N) is 1. The Hall–Kier alpha value is -2.58. The van der Waals surface area contributed by atoms with Gasteiger partial charge < -0.3 is 10.1 Å². The maximum atomic E-state index is 12.0. The Morgan fingerprint density at radius 1 is 1.26 bits per heavy atom. The predicted octanol–water partition coefficient (Wildman–Crippen LogP) is 4.22. The van der Waals surface area contributed by atoms with E-state index in [1.165, 1.54) is 23.9 Å². The Kier molecular flexibility index (Phi) is 7.20. The third-order valence-electron chi connectivity index (χ3n) is 3.44. The van der Waals surface area contributed by atoms with E-state index < -0.39 is 28.7 Å². The number of non-ortho nitro benzene ring substituents is 1. The van der Waals surface area contributed by atoms with Gasteiger partial charge in [0.2, 0.25) is 0 Å². The molecule has 1 amide bonds. The van der Waals surface area contributed by atoms with E-state index >= 15 is 0 Å². The Balaban J connectivity index is 1.83. The lowest BCUT2D eigenvalue weighted by Crippen LogP contribution is -2.24. The van der Waals surface area contributed by atoms with Crippen molar-refractivity contribution in [1.82, 2.24) is 0 Å². The summed E-state index contributed by atoms with van der Waals surface area (Å²) in [5.74, 6) is -1.06. The zero-order valence-electron chi connectivity index (χ0n) is 14.6. The molecule has 1 atom stereocenters. The molecule has 0 heterocycles. The summed E-state index contributed by atoms with van der Waals surface area (Å²) in [6, 6.07) is 11.0. The van der Waals surface area contributed by atoms with E-state index in [1.54, 1.807) is 37.3 Å². The summed E-state index contributed by atoms with van der Waals surface area (Å²) in [7, 11) is 0. The van der Waals surface area contributed by atoms with Gasteiger partial charge in [0, 0.05) is 17.0 Å². The molecule has 0 bridgehead atoms. The van der Waals surface area contributed by atoms with Crippen molar-refractivity contribution in [2.75, 3.05) is 11.9 Å². The second-order valence-electron chi connectivity index (χ2n) is 5.65. The molecule has 0 saturated heterocycles. The Morgan fingerprint density at radius 2 is 1.93 bits per heavy atom. The van der Waals surface area contributed by atoms with Crippen molar-refractivity contribution >= 4 is 46.6 Å². The van der Waals surface area contributed by atoms with Gasteiger partial charge in [0.15, 0.2) is 6.61 Å². The number of nitrogens with one attached hydrogen (secondary N) is 1. The van der Waals surface area contributed by atoms with Crippen LogP contribution in [0.1, 0.15) is 12.5 Å². The normalized spacial score (nSPS) is 11.5. The summed E-state index contributed by atoms with van der Waals surface area (Å²) in [6.45, 7) is 3.07. The number of hydrogen-bond donors (Lipinski definition) is 1. The van der Waals surface area contributed by atoms with Gasteiger partial charge in [-0.3, -0.25) is 19.7 Å². The molecular weight excluding hydrogens is 392 g/mol. The average molecular weight is 409 g/mol. The van der Waals surface area contributed by atoms with Gasteiger partial charge in [0.05, 0.1) is 15.6 Å². The molecule has 9 heteroatoms. The van der Waals surface area contributed by atoms with Crippen LogP contribution in [-0.2, 0) is 14.3 Å². The second kappa shape index (κ2) is 9.38. The highest BCUT2D eigenvalue weighted by Gasteiger charge is 2.18. The van der Waals surface area contributed by atoms with Crippen LogP contribution in [0.4, 0.5) is 11.4 Å². The lowest BCUT2D eigenvalue weighted by Gasteiger charge is -2.12. The highest BCUT2D eigenvalue weighted by Crippen LogP contribution is 2.26. The summed E-state index contributed by atoms with van der Waals surface area (Å²) >= 11 is 7.22. The molecule has 0 unspecified atom stereocenters. The van der Waals surface area contributed by atoms with E-state index in [2.05, 4.69) is 5.32 Å². The zero-order valence-corrected chi connectivity index (χ0v) is 16.2. The van der Waals surface area contributed by atoms with Crippen molar-refractivity contribution in [1.29, 1.82) is 0 Å². The van der Waals surface area contributed by atoms with Crippen LogP contribution >= 0.6 is 23.4 Å². The van der Waals surface area contributed by atoms with Crippen LogP contribution in [0.5, 0.6) is 0 Å². The van der Waals surface area contributed by atoms with Gasteiger partial charge >= 0.3 is 5.97 Å². The predicted molar refractivity (Wildman–Crippen MR) is 104 cm³/mol. The number of halogens is 1. The fraction of sp³-hybridized carbons (Fsp3) is 0.222. The number of nitro benzene ring substituents is 1. The maximum absolute atomic E-state index is 12.0. The molecule has 27 heavy (non-hydrogen) atoms. The fourth-order valence-electron chi connectivity index (χ4n) is 2.06.